The number of hydrogen-bond donors (Lipinski definition) is 1. The lowest BCUT2D eigenvalue weighted by Crippen LogP contribution is -2.32. The van der Waals surface area contributed by atoms with Gasteiger partial charge in [0.2, 0.25) is 0 Å². The van der Waals surface area contributed by atoms with Crippen molar-refractivity contribution >= 4 is 23.2 Å². The molecule has 1 heterocycles. The van der Waals surface area contributed by atoms with Gasteiger partial charge in [0.25, 0.3) is 5.91 Å². The lowest BCUT2D eigenvalue weighted by Gasteiger charge is -2.14. The standard InChI is InChI=1S/C19H20N2O2S/c1-14-18(22)21(19(24)20-14)12-11-15-7-9-17(10-8-15)23-13-16-5-3-2-4-6-16/h2-10,14H,11-13H2,1H3,(H,20,24)/t14-/m0/s1. The molecule has 2 aromatic carbocycles. The van der Waals surface area contributed by atoms with E-state index < -0.39 is 0 Å². The second kappa shape index (κ2) is 7.45. The first-order valence-electron chi connectivity index (χ1n) is 8.01. The molecule has 0 bridgehead atoms. The molecule has 0 radical (unpaired) electrons. The van der Waals surface area contributed by atoms with Crippen molar-refractivity contribution in [3.05, 3.63) is 65.7 Å². The minimum Gasteiger partial charge on any atom is -0.489 e. The Hall–Kier alpha value is -2.40. The molecule has 1 aliphatic heterocycles. The molecule has 1 N–H and O–H groups in total. The molecular formula is C19H20N2O2S. The third-order valence-corrected chi connectivity index (χ3v) is 4.36. The summed E-state index contributed by atoms with van der Waals surface area (Å²) in [5, 5.41) is 3.51. The Morgan fingerprint density at radius 2 is 1.79 bits per heavy atom. The molecule has 1 fully saturated rings. The average molecular weight is 340 g/mol. The van der Waals surface area contributed by atoms with E-state index in [1.807, 2.05) is 61.5 Å². The van der Waals surface area contributed by atoms with Gasteiger partial charge in [-0.1, -0.05) is 42.5 Å². The molecule has 2 aromatic rings. The fourth-order valence-corrected chi connectivity index (χ4v) is 2.96. The third kappa shape index (κ3) is 3.92. The van der Waals surface area contributed by atoms with E-state index in [1.54, 1.807) is 4.90 Å². The second-order valence-corrected chi connectivity index (χ2v) is 6.22. The van der Waals surface area contributed by atoms with Crippen LogP contribution < -0.4 is 10.1 Å². The van der Waals surface area contributed by atoms with E-state index in [2.05, 4.69) is 5.32 Å². The molecule has 0 aromatic heterocycles. The van der Waals surface area contributed by atoms with Crippen LogP contribution in [0.3, 0.4) is 0 Å². The zero-order valence-corrected chi connectivity index (χ0v) is 14.4. The first-order chi connectivity index (χ1) is 11.6. The fourth-order valence-electron chi connectivity index (χ4n) is 2.60. The molecule has 5 heteroatoms. The van der Waals surface area contributed by atoms with Crippen LogP contribution in [0.2, 0.25) is 0 Å². The van der Waals surface area contributed by atoms with Crippen LogP contribution in [-0.2, 0) is 17.8 Å². The topological polar surface area (TPSA) is 41.6 Å². The summed E-state index contributed by atoms with van der Waals surface area (Å²) in [6, 6.07) is 17.8. The summed E-state index contributed by atoms with van der Waals surface area (Å²) in [7, 11) is 0. The number of rotatable bonds is 6. The molecule has 0 aliphatic carbocycles. The minimum absolute atomic E-state index is 0.0443. The number of nitrogens with one attached hydrogen (secondary N) is 1. The van der Waals surface area contributed by atoms with E-state index in [-0.39, 0.29) is 11.9 Å². The van der Waals surface area contributed by atoms with Crippen LogP contribution in [0.15, 0.2) is 54.6 Å². The van der Waals surface area contributed by atoms with Crippen molar-refractivity contribution in [3.8, 4) is 5.75 Å². The van der Waals surface area contributed by atoms with Gasteiger partial charge in [0.15, 0.2) is 5.11 Å². The first-order valence-corrected chi connectivity index (χ1v) is 8.42. The number of amides is 1. The number of nitrogens with zero attached hydrogens (tertiary/aromatic N) is 1. The van der Waals surface area contributed by atoms with Crippen LogP contribution in [0.4, 0.5) is 0 Å². The molecule has 124 valence electrons. The summed E-state index contributed by atoms with van der Waals surface area (Å²) in [6.07, 6.45) is 0.763. The predicted octanol–water partition coefficient (Wildman–Crippen LogP) is 2.91. The molecular weight excluding hydrogens is 320 g/mol. The number of ether oxygens (including phenoxy) is 1. The Morgan fingerprint density at radius 1 is 1.08 bits per heavy atom. The molecule has 0 unspecified atom stereocenters. The molecule has 24 heavy (non-hydrogen) atoms. The van der Waals surface area contributed by atoms with E-state index >= 15 is 0 Å². The summed E-state index contributed by atoms with van der Waals surface area (Å²) in [5.41, 5.74) is 2.29. The number of carbonyl (C=O) groups excluding carboxylic acids is 1. The van der Waals surface area contributed by atoms with Crippen LogP contribution in [0, 0.1) is 0 Å². The molecule has 1 saturated heterocycles. The van der Waals surface area contributed by atoms with Crippen LogP contribution in [0.5, 0.6) is 5.75 Å². The molecule has 0 spiro atoms. The van der Waals surface area contributed by atoms with Gasteiger partial charge in [-0.3, -0.25) is 9.69 Å². The lowest BCUT2D eigenvalue weighted by atomic mass is 10.1. The van der Waals surface area contributed by atoms with Gasteiger partial charge in [-0.05, 0) is 48.8 Å². The van der Waals surface area contributed by atoms with E-state index in [1.165, 1.54) is 0 Å². The van der Waals surface area contributed by atoms with Gasteiger partial charge in [-0.15, -0.1) is 0 Å². The quantitative estimate of drug-likeness (QED) is 0.821. The Balaban J connectivity index is 1.51. The van der Waals surface area contributed by atoms with Crippen molar-refractivity contribution in [1.82, 2.24) is 10.2 Å². The Morgan fingerprint density at radius 3 is 2.42 bits per heavy atom. The highest BCUT2D eigenvalue weighted by Crippen LogP contribution is 2.15. The average Bonchev–Trinajstić information content (AvgIpc) is 2.85. The van der Waals surface area contributed by atoms with Crippen molar-refractivity contribution in [2.45, 2.75) is 26.0 Å². The summed E-state index contributed by atoms with van der Waals surface area (Å²) < 4.78 is 5.78. The maximum Gasteiger partial charge on any atom is 0.251 e. The van der Waals surface area contributed by atoms with Gasteiger partial charge in [0, 0.05) is 6.54 Å². The van der Waals surface area contributed by atoms with Gasteiger partial charge in [-0.25, -0.2) is 0 Å². The Bertz CT molecular complexity index is 716. The highest BCUT2D eigenvalue weighted by atomic mass is 32.1. The Labute approximate surface area is 147 Å². The molecule has 0 saturated carbocycles. The number of carbonyl (C=O) groups is 1. The van der Waals surface area contributed by atoms with Crippen LogP contribution in [0.25, 0.3) is 0 Å². The number of benzene rings is 2. The van der Waals surface area contributed by atoms with E-state index in [9.17, 15) is 4.79 Å². The third-order valence-electron chi connectivity index (χ3n) is 4.02. The fraction of sp³-hybridized carbons (Fsp3) is 0.263. The van der Waals surface area contributed by atoms with Gasteiger partial charge in [0.1, 0.15) is 18.4 Å². The van der Waals surface area contributed by atoms with Crippen molar-refractivity contribution in [2.75, 3.05) is 6.54 Å². The van der Waals surface area contributed by atoms with Crippen LogP contribution in [0.1, 0.15) is 18.1 Å². The maximum atomic E-state index is 12.0. The predicted molar refractivity (Wildman–Crippen MR) is 97.8 cm³/mol. The molecule has 3 rings (SSSR count). The maximum absolute atomic E-state index is 12.0. The van der Waals surface area contributed by atoms with Crippen molar-refractivity contribution < 1.29 is 9.53 Å². The highest BCUT2D eigenvalue weighted by Gasteiger charge is 2.31. The Kier molecular flexibility index (Phi) is 5.11. The highest BCUT2D eigenvalue weighted by molar-refractivity contribution is 7.80. The van der Waals surface area contributed by atoms with Gasteiger partial charge in [0.05, 0.1) is 0 Å². The van der Waals surface area contributed by atoms with E-state index in [4.69, 9.17) is 17.0 Å². The van der Waals surface area contributed by atoms with Crippen LogP contribution in [-0.4, -0.2) is 28.5 Å². The smallest absolute Gasteiger partial charge is 0.251 e. The molecule has 1 atom stereocenters. The SMILES string of the molecule is C[C@@H]1NC(=S)N(CCc2ccc(OCc3ccccc3)cc2)C1=O. The van der Waals surface area contributed by atoms with Gasteiger partial charge in [-0.2, -0.15) is 0 Å². The summed E-state index contributed by atoms with van der Waals surface area (Å²) >= 11 is 5.19. The first kappa shape index (κ1) is 16.5. The normalized spacial score (nSPS) is 17.0. The summed E-state index contributed by atoms with van der Waals surface area (Å²) in [6.45, 7) is 2.98. The van der Waals surface area contributed by atoms with Gasteiger partial charge >= 0.3 is 0 Å². The molecule has 4 nitrogen and oxygen atoms in total. The largest absolute Gasteiger partial charge is 0.489 e. The van der Waals surface area contributed by atoms with Crippen molar-refractivity contribution in [2.24, 2.45) is 0 Å². The second-order valence-electron chi connectivity index (χ2n) is 5.83. The number of thiocarbonyl (C=S) groups is 1. The minimum atomic E-state index is -0.216. The number of hydrogen-bond acceptors (Lipinski definition) is 3. The lowest BCUT2D eigenvalue weighted by molar-refractivity contribution is -0.126. The monoisotopic (exact) mass is 340 g/mol. The summed E-state index contributed by atoms with van der Waals surface area (Å²) in [4.78, 5) is 13.6. The van der Waals surface area contributed by atoms with Crippen molar-refractivity contribution in [3.63, 3.8) is 0 Å². The zero-order valence-electron chi connectivity index (χ0n) is 13.6. The van der Waals surface area contributed by atoms with Crippen molar-refractivity contribution in [1.29, 1.82) is 0 Å². The summed E-state index contributed by atoms with van der Waals surface area (Å²) in [5.74, 6) is 0.883. The molecule has 1 aliphatic rings. The van der Waals surface area contributed by atoms with E-state index in [0.29, 0.717) is 18.3 Å². The van der Waals surface area contributed by atoms with E-state index in [0.717, 1.165) is 23.3 Å². The molecule has 1 amide bonds. The zero-order chi connectivity index (χ0) is 16.9. The van der Waals surface area contributed by atoms with Crippen LogP contribution >= 0.6 is 12.2 Å². The van der Waals surface area contributed by atoms with Gasteiger partial charge < -0.3 is 10.1 Å².